The van der Waals surface area contributed by atoms with Gasteiger partial charge in [0.1, 0.15) is 47.5 Å². The molecule has 18 heteroatoms. The normalized spacial score (nSPS) is 24.4. The van der Waals surface area contributed by atoms with Crippen LogP contribution in [-0.4, -0.2) is 140 Å². The van der Waals surface area contributed by atoms with E-state index >= 15 is 13.2 Å². The summed E-state index contributed by atoms with van der Waals surface area (Å²) in [6.07, 6.45) is -0.504. The first kappa shape index (κ1) is 41.7. The monoisotopic (exact) mass is 839 g/mol. The van der Waals surface area contributed by atoms with E-state index in [1.807, 2.05) is 0 Å². The second-order valence-electron chi connectivity index (χ2n) is 16.4. The van der Waals surface area contributed by atoms with Crippen molar-refractivity contribution in [1.82, 2.24) is 30.1 Å². The molecule has 322 valence electrons. The fourth-order valence-corrected chi connectivity index (χ4v) is 9.29. The fraction of sp³-hybridized carbons (Fsp3) is 0.548. The summed E-state index contributed by atoms with van der Waals surface area (Å²) in [5.74, 6) is -1.36. The molecule has 14 nitrogen and oxygen atoms in total. The average Bonchev–Trinajstić information content (AvgIpc) is 3.74. The Bertz CT molecular complexity index is 2270. The second kappa shape index (κ2) is 17.1. The van der Waals surface area contributed by atoms with Crippen molar-refractivity contribution in [3.05, 3.63) is 47.7 Å². The number of fused-ring (bicyclic) bond motifs is 7. The molecule has 1 N–H and O–H groups in total. The van der Waals surface area contributed by atoms with E-state index in [1.165, 1.54) is 43.5 Å². The number of piperidine rings is 1. The number of rotatable bonds is 10. The van der Waals surface area contributed by atoms with Gasteiger partial charge in [0.25, 0.3) is 0 Å². The van der Waals surface area contributed by atoms with Gasteiger partial charge in [-0.25, -0.2) is 27.2 Å². The van der Waals surface area contributed by atoms with Crippen LogP contribution in [0.15, 0.2) is 30.5 Å². The molecule has 2 amide bonds. The number of nitrogens with zero attached hydrogens (tertiary/aromatic N) is 6. The molecular weight excluding hydrogens is 790 g/mol. The molecule has 60 heavy (non-hydrogen) atoms. The number of hydrogen-bond acceptors (Lipinski definition) is 12. The Balaban J connectivity index is 1.29. The number of amides is 2. The number of anilines is 1. The summed E-state index contributed by atoms with van der Waals surface area (Å²) in [6, 6.07) is 5.53. The summed E-state index contributed by atoms with van der Waals surface area (Å²) >= 11 is 0. The maximum atomic E-state index is 17.6. The number of nitrogens with one attached hydrogen (secondary N) is 1. The third kappa shape index (κ3) is 8.33. The third-order valence-corrected chi connectivity index (χ3v) is 12.0. The van der Waals surface area contributed by atoms with Crippen LogP contribution in [0.2, 0.25) is 0 Å². The predicted octanol–water partition coefficient (Wildman–Crippen LogP) is 6.15. The highest BCUT2D eigenvalue weighted by molar-refractivity contribution is 6.02. The van der Waals surface area contributed by atoms with Gasteiger partial charge in [0.05, 0.1) is 42.8 Å². The standard InChI is InChI=1S/C42H49F4N7O7/c1-41-18-26(43)21-52(23-41)37-31-20-47-35(34(46)36(31)48-38(49-37)59-24-42-9-5-10-53(42)22-27(44)19-42)30-17-28(60-40(55)51(11-14-56-2)12-15-57-3)16-25-7-8-32(45)29(33(25)30)6-4-13-58-39(54)50-41/h7-8,16-17,20,26-27H,4-6,9-15,18-19,21-24H2,1-3H3,(H,50,54)/t26-,27-,41-,42+/m1/s1. The molecule has 4 aromatic rings. The molecule has 6 bridgehead atoms. The Labute approximate surface area is 344 Å². The van der Waals surface area contributed by atoms with Crippen molar-refractivity contribution >= 4 is 39.7 Å². The van der Waals surface area contributed by atoms with Crippen molar-refractivity contribution in [2.75, 3.05) is 84.8 Å². The highest BCUT2D eigenvalue weighted by atomic mass is 19.1. The van der Waals surface area contributed by atoms with E-state index in [2.05, 4.69) is 20.2 Å². The zero-order valence-corrected chi connectivity index (χ0v) is 33.9. The van der Waals surface area contributed by atoms with Crippen LogP contribution in [0.4, 0.5) is 33.0 Å². The van der Waals surface area contributed by atoms with Crippen LogP contribution in [-0.2, 0) is 20.6 Å². The highest BCUT2D eigenvalue weighted by Gasteiger charge is 2.49. The number of aryl methyl sites for hydroxylation is 1. The van der Waals surface area contributed by atoms with E-state index < -0.39 is 47.2 Å². The minimum absolute atomic E-state index is 0.0313. The van der Waals surface area contributed by atoms with Gasteiger partial charge in [0, 0.05) is 65.0 Å². The summed E-state index contributed by atoms with van der Waals surface area (Å²) in [4.78, 5) is 45.6. The number of halogens is 4. The lowest BCUT2D eigenvalue weighted by atomic mass is 9.90. The van der Waals surface area contributed by atoms with Gasteiger partial charge < -0.3 is 38.8 Å². The van der Waals surface area contributed by atoms with Gasteiger partial charge in [-0.3, -0.25) is 9.88 Å². The van der Waals surface area contributed by atoms with Crippen LogP contribution in [0, 0.1) is 11.6 Å². The fourth-order valence-electron chi connectivity index (χ4n) is 9.29. The van der Waals surface area contributed by atoms with Gasteiger partial charge in [0.15, 0.2) is 5.82 Å². The molecule has 0 radical (unpaired) electrons. The number of ether oxygens (including phenoxy) is 5. The minimum atomic E-state index is -1.43. The number of alkyl halides is 2. The minimum Gasteiger partial charge on any atom is -0.461 e. The maximum Gasteiger partial charge on any atom is 0.415 e. The van der Waals surface area contributed by atoms with Crippen molar-refractivity contribution < 1.29 is 50.8 Å². The number of benzene rings is 2. The number of methoxy groups -OCH3 is 2. The Morgan fingerprint density at radius 2 is 1.83 bits per heavy atom. The van der Waals surface area contributed by atoms with Crippen molar-refractivity contribution in [2.45, 2.75) is 68.9 Å². The molecule has 0 saturated carbocycles. The first-order valence-electron chi connectivity index (χ1n) is 20.3. The lowest BCUT2D eigenvalue weighted by Gasteiger charge is -2.42. The molecule has 4 atom stereocenters. The van der Waals surface area contributed by atoms with Crippen LogP contribution in [0.1, 0.15) is 44.6 Å². The summed E-state index contributed by atoms with van der Waals surface area (Å²) in [5.41, 5.74) is -1.87. The van der Waals surface area contributed by atoms with Crippen LogP contribution < -0.4 is 19.7 Å². The molecule has 9 rings (SSSR count). The Morgan fingerprint density at radius 3 is 2.62 bits per heavy atom. The van der Waals surface area contributed by atoms with Gasteiger partial charge in [-0.1, -0.05) is 6.07 Å². The SMILES string of the molecule is COCCN(CCOC)C(=O)Oc1cc2c3c(c(F)ccc3c1)CCCOC(=O)N[C@]1(C)C[C@@H](F)CN(C1)c1nc(OC[C@@]34CCCN3C[C@H](F)C4)nc3c(F)c-2ncc13. The van der Waals surface area contributed by atoms with E-state index in [-0.39, 0.29) is 124 Å². The van der Waals surface area contributed by atoms with Gasteiger partial charge >= 0.3 is 18.2 Å². The molecule has 2 aromatic heterocycles. The third-order valence-electron chi connectivity index (χ3n) is 12.0. The van der Waals surface area contributed by atoms with Crippen LogP contribution in [0.25, 0.3) is 32.9 Å². The van der Waals surface area contributed by atoms with Crippen LogP contribution >= 0.6 is 0 Å². The topological polar surface area (TPSA) is 141 Å². The molecule has 2 aromatic carbocycles. The molecule has 3 fully saturated rings. The summed E-state index contributed by atoms with van der Waals surface area (Å²) in [6.45, 7) is 3.44. The molecule has 5 aliphatic rings. The smallest absolute Gasteiger partial charge is 0.415 e. The number of carbonyl (C=O) groups is 2. The van der Waals surface area contributed by atoms with Gasteiger partial charge in [-0.15, -0.1) is 0 Å². The Kier molecular flexibility index (Phi) is 11.9. The summed E-state index contributed by atoms with van der Waals surface area (Å²) in [5, 5.41) is 3.65. The van der Waals surface area contributed by atoms with Crippen molar-refractivity contribution in [1.29, 1.82) is 0 Å². The number of alkyl carbamates (subject to hydrolysis) is 1. The van der Waals surface area contributed by atoms with E-state index in [0.29, 0.717) is 23.7 Å². The predicted molar refractivity (Wildman–Crippen MR) is 213 cm³/mol. The zero-order valence-electron chi connectivity index (χ0n) is 33.9. The first-order chi connectivity index (χ1) is 28.9. The van der Waals surface area contributed by atoms with Gasteiger partial charge in [0.2, 0.25) is 0 Å². The second-order valence-corrected chi connectivity index (χ2v) is 16.4. The molecule has 0 spiro atoms. The Morgan fingerprint density at radius 1 is 1.05 bits per heavy atom. The maximum absolute atomic E-state index is 17.6. The summed E-state index contributed by atoms with van der Waals surface area (Å²) in [7, 11) is 3.02. The number of aromatic nitrogens is 3. The van der Waals surface area contributed by atoms with E-state index in [4.69, 9.17) is 28.7 Å². The highest BCUT2D eigenvalue weighted by Crippen LogP contribution is 2.43. The van der Waals surface area contributed by atoms with E-state index in [1.54, 1.807) is 17.9 Å². The number of pyridine rings is 1. The molecular formula is C42H49F4N7O7. The lowest BCUT2D eigenvalue weighted by Crippen LogP contribution is -2.60. The molecule has 5 aliphatic heterocycles. The number of carbonyl (C=O) groups excluding carboxylic acids is 2. The van der Waals surface area contributed by atoms with Crippen molar-refractivity contribution in [3.63, 3.8) is 0 Å². The van der Waals surface area contributed by atoms with Crippen molar-refractivity contribution in [3.8, 4) is 23.0 Å². The van der Waals surface area contributed by atoms with Crippen molar-refractivity contribution in [2.24, 2.45) is 0 Å². The van der Waals surface area contributed by atoms with E-state index in [0.717, 1.165) is 13.0 Å². The molecule has 7 heterocycles. The first-order valence-corrected chi connectivity index (χ1v) is 20.3. The lowest BCUT2D eigenvalue weighted by molar-refractivity contribution is 0.102. The molecule has 3 saturated heterocycles. The van der Waals surface area contributed by atoms with Gasteiger partial charge in [-0.2, -0.15) is 9.97 Å². The molecule has 0 aliphatic carbocycles. The summed E-state index contributed by atoms with van der Waals surface area (Å²) < 4.78 is 92.0. The zero-order chi connectivity index (χ0) is 42.2. The number of hydrogen-bond donors (Lipinski definition) is 1. The quantitative estimate of drug-likeness (QED) is 0.183. The largest absolute Gasteiger partial charge is 0.461 e. The Hall–Kier alpha value is -5.07. The van der Waals surface area contributed by atoms with Crippen LogP contribution in [0.5, 0.6) is 11.8 Å². The molecule has 0 unspecified atom stereocenters. The average molecular weight is 840 g/mol. The van der Waals surface area contributed by atoms with E-state index in [9.17, 15) is 14.0 Å². The van der Waals surface area contributed by atoms with Gasteiger partial charge in [-0.05, 0) is 73.7 Å². The van der Waals surface area contributed by atoms with Crippen LogP contribution in [0.3, 0.4) is 0 Å².